The Labute approximate surface area is 201 Å². The molecule has 1 aromatic carbocycles. The number of nitrogens with one attached hydrogen (secondary N) is 1. The smallest absolute Gasteiger partial charge is 0.381 e. The zero-order valence-electron chi connectivity index (χ0n) is 19.4. The van der Waals surface area contributed by atoms with E-state index in [1.807, 2.05) is 6.07 Å². The van der Waals surface area contributed by atoms with Crippen LogP contribution in [-0.4, -0.2) is 48.1 Å². The highest BCUT2D eigenvalue weighted by Gasteiger charge is 2.51. The van der Waals surface area contributed by atoms with Gasteiger partial charge in [-0.25, -0.2) is 8.42 Å². The van der Waals surface area contributed by atoms with Gasteiger partial charge in [-0.3, -0.25) is 9.48 Å². The van der Waals surface area contributed by atoms with Crippen LogP contribution in [0.2, 0.25) is 0 Å². The van der Waals surface area contributed by atoms with E-state index in [-0.39, 0.29) is 18.4 Å². The van der Waals surface area contributed by atoms with E-state index in [1.54, 1.807) is 20.0 Å². The quantitative estimate of drug-likeness (QED) is 0.639. The molecule has 12 heteroatoms. The zero-order chi connectivity index (χ0) is 25.8. The number of hydrogen-bond donors (Lipinski definition) is 1. The first-order chi connectivity index (χ1) is 16.3. The maximum Gasteiger partial charge on any atom is 0.417 e. The molecule has 0 radical (unpaired) electrons. The van der Waals surface area contributed by atoms with Crippen LogP contribution in [0.4, 0.5) is 13.2 Å². The Balaban J connectivity index is 1.68. The Kier molecular flexibility index (Phi) is 6.22. The highest BCUT2D eigenvalue weighted by atomic mass is 32.2. The minimum absolute atomic E-state index is 0.129. The van der Waals surface area contributed by atoms with E-state index in [4.69, 9.17) is 4.74 Å². The third kappa shape index (κ3) is 4.67. The summed E-state index contributed by atoms with van der Waals surface area (Å²) >= 11 is 0. The molecule has 3 unspecified atom stereocenters. The standard InChI is InChI=1S/C23H25F3N4O4S/c1-13-8-18(30(2)29-13)14-4-5-20(17(9-14)23(24,25)26)35(32,33)15-10-16(19(11-15)34-3)21(31)28-22(12-27)6-7-22/h4-5,8-9,15-16,19H,6-7,10-11H2,1-3H3,(H,28,31). The zero-order valence-corrected chi connectivity index (χ0v) is 20.2. The summed E-state index contributed by atoms with van der Waals surface area (Å²) in [7, 11) is -1.55. The molecule has 2 fully saturated rings. The van der Waals surface area contributed by atoms with E-state index in [2.05, 4.69) is 10.4 Å². The third-order valence-corrected chi connectivity index (χ3v) is 8.99. The van der Waals surface area contributed by atoms with Crippen molar-refractivity contribution in [1.29, 1.82) is 5.26 Å². The van der Waals surface area contributed by atoms with Crippen molar-refractivity contribution in [3.8, 4) is 17.3 Å². The van der Waals surface area contributed by atoms with Gasteiger partial charge in [0.05, 0.1) is 45.2 Å². The van der Waals surface area contributed by atoms with Crippen LogP contribution in [0.3, 0.4) is 0 Å². The first-order valence-electron chi connectivity index (χ1n) is 11.0. The van der Waals surface area contributed by atoms with Crippen molar-refractivity contribution in [2.75, 3.05) is 7.11 Å². The fourth-order valence-electron chi connectivity index (χ4n) is 4.68. The number of ether oxygens (including phenoxy) is 1. The summed E-state index contributed by atoms with van der Waals surface area (Å²) in [5, 5.41) is 14.8. The van der Waals surface area contributed by atoms with E-state index < -0.39 is 55.2 Å². The Morgan fingerprint density at radius 1 is 1.29 bits per heavy atom. The summed E-state index contributed by atoms with van der Waals surface area (Å²) in [5.74, 6) is -1.41. The molecular weight excluding hydrogens is 485 g/mol. The molecule has 2 aromatic rings. The van der Waals surface area contributed by atoms with Gasteiger partial charge in [-0.2, -0.15) is 23.5 Å². The number of rotatable bonds is 6. The summed E-state index contributed by atoms with van der Waals surface area (Å²) in [4.78, 5) is 11.9. The predicted octanol–water partition coefficient (Wildman–Crippen LogP) is 3.15. The van der Waals surface area contributed by atoms with Crippen LogP contribution >= 0.6 is 0 Å². The van der Waals surface area contributed by atoms with Gasteiger partial charge in [0.2, 0.25) is 5.91 Å². The number of halogens is 3. The average Bonchev–Trinajstić information content (AvgIpc) is 3.26. The lowest BCUT2D eigenvalue weighted by atomic mass is 10.0. The van der Waals surface area contributed by atoms with Crippen LogP contribution in [0, 0.1) is 24.2 Å². The number of alkyl halides is 3. The van der Waals surface area contributed by atoms with Crippen molar-refractivity contribution < 1.29 is 31.1 Å². The summed E-state index contributed by atoms with van der Waals surface area (Å²) < 4.78 is 75.8. The van der Waals surface area contributed by atoms with Gasteiger partial charge in [-0.15, -0.1) is 0 Å². The number of aromatic nitrogens is 2. The number of sulfone groups is 1. The van der Waals surface area contributed by atoms with E-state index in [1.165, 1.54) is 17.9 Å². The summed E-state index contributed by atoms with van der Waals surface area (Å²) in [5.41, 5.74) is -1.00. The first kappa shape index (κ1) is 25.2. The summed E-state index contributed by atoms with van der Waals surface area (Å²) in [6, 6.07) is 6.77. The molecule has 1 N–H and O–H groups in total. The Morgan fingerprint density at radius 3 is 2.49 bits per heavy atom. The van der Waals surface area contributed by atoms with Crippen molar-refractivity contribution >= 4 is 15.7 Å². The minimum atomic E-state index is -4.92. The molecule has 3 atom stereocenters. The van der Waals surface area contributed by atoms with Gasteiger partial charge in [0.25, 0.3) is 0 Å². The molecule has 1 amide bonds. The predicted molar refractivity (Wildman–Crippen MR) is 119 cm³/mol. The maximum atomic E-state index is 14.0. The normalized spacial score (nSPS) is 23.6. The molecule has 2 aliphatic rings. The lowest BCUT2D eigenvalue weighted by molar-refractivity contribution is -0.139. The molecule has 1 aromatic heterocycles. The molecule has 8 nitrogen and oxygen atoms in total. The largest absolute Gasteiger partial charge is 0.417 e. The van der Waals surface area contributed by atoms with Crippen LogP contribution < -0.4 is 5.32 Å². The van der Waals surface area contributed by atoms with Crippen LogP contribution in [-0.2, 0) is 32.6 Å². The molecule has 0 bridgehead atoms. The molecule has 188 valence electrons. The Bertz CT molecular complexity index is 1310. The number of carbonyl (C=O) groups is 1. The Morgan fingerprint density at radius 2 is 1.97 bits per heavy atom. The number of amides is 1. The minimum Gasteiger partial charge on any atom is -0.381 e. The van der Waals surface area contributed by atoms with Crippen molar-refractivity contribution in [3.05, 3.63) is 35.5 Å². The third-order valence-electron chi connectivity index (χ3n) is 6.75. The molecule has 0 saturated heterocycles. The van der Waals surface area contributed by atoms with Crippen molar-refractivity contribution in [2.45, 2.75) is 60.6 Å². The maximum absolute atomic E-state index is 14.0. The summed E-state index contributed by atoms with van der Waals surface area (Å²) in [6.45, 7) is 1.70. The molecule has 4 rings (SSSR count). The van der Waals surface area contributed by atoms with Gasteiger partial charge in [-0.1, -0.05) is 6.07 Å². The molecule has 2 saturated carbocycles. The molecule has 0 spiro atoms. The van der Waals surface area contributed by atoms with Crippen LogP contribution in [0.1, 0.15) is 36.9 Å². The number of nitriles is 1. The molecule has 0 aliphatic heterocycles. The van der Waals surface area contributed by atoms with E-state index in [0.29, 0.717) is 24.2 Å². The highest BCUT2D eigenvalue weighted by Crippen LogP contribution is 2.43. The lowest BCUT2D eigenvalue weighted by Gasteiger charge is -2.19. The number of aryl methyl sites for hydroxylation is 2. The number of nitrogens with zero attached hydrogens (tertiary/aromatic N) is 3. The number of methoxy groups -OCH3 is 1. The van der Waals surface area contributed by atoms with Gasteiger partial charge in [0.15, 0.2) is 9.84 Å². The summed E-state index contributed by atoms with van der Waals surface area (Å²) in [6.07, 6.45) is -5.05. The van der Waals surface area contributed by atoms with E-state index in [9.17, 15) is 31.6 Å². The monoisotopic (exact) mass is 510 g/mol. The lowest BCUT2D eigenvalue weighted by Crippen LogP contribution is -2.42. The average molecular weight is 511 g/mol. The van der Waals surface area contributed by atoms with Gasteiger partial charge in [0.1, 0.15) is 5.54 Å². The van der Waals surface area contributed by atoms with Crippen LogP contribution in [0.15, 0.2) is 29.2 Å². The van der Waals surface area contributed by atoms with Crippen LogP contribution in [0.25, 0.3) is 11.3 Å². The highest BCUT2D eigenvalue weighted by molar-refractivity contribution is 7.92. The number of benzene rings is 1. The molecule has 1 heterocycles. The molecule has 2 aliphatic carbocycles. The van der Waals surface area contributed by atoms with Gasteiger partial charge < -0.3 is 10.1 Å². The van der Waals surface area contributed by atoms with Gasteiger partial charge in [0, 0.05) is 19.7 Å². The van der Waals surface area contributed by atoms with Crippen molar-refractivity contribution in [2.24, 2.45) is 13.0 Å². The molecule has 35 heavy (non-hydrogen) atoms. The van der Waals surface area contributed by atoms with Gasteiger partial charge in [-0.05, 0) is 50.8 Å². The fraction of sp³-hybridized carbons (Fsp3) is 0.522. The topological polar surface area (TPSA) is 114 Å². The van der Waals surface area contributed by atoms with E-state index in [0.717, 1.165) is 12.1 Å². The number of hydrogen-bond acceptors (Lipinski definition) is 6. The van der Waals surface area contributed by atoms with E-state index >= 15 is 0 Å². The first-order valence-corrected chi connectivity index (χ1v) is 12.6. The number of carbonyl (C=O) groups excluding carboxylic acids is 1. The van der Waals surface area contributed by atoms with Crippen molar-refractivity contribution in [3.63, 3.8) is 0 Å². The molecular formula is C23H25F3N4O4S. The second-order valence-electron chi connectivity index (χ2n) is 9.21. The second kappa shape index (κ2) is 8.64. The Hall–Kier alpha value is -2.91. The van der Waals surface area contributed by atoms with Crippen molar-refractivity contribution in [1.82, 2.24) is 15.1 Å². The van der Waals surface area contributed by atoms with Crippen LogP contribution in [0.5, 0.6) is 0 Å². The second-order valence-corrected chi connectivity index (χ2v) is 11.4. The van der Waals surface area contributed by atoms with Gasteiger partial charge >= 0.3 is 6.18 Å². The SMILES string of the molecule is COC1CC(S(=O)(=O)c2ccc(-c3cc(C)nn3C)cc2C(F)(F)F)CC1C(=O)NC1(C#N)CC1. The fourth-order valence-corrected chi connectivity index (χ4v) is 6.68.